The number of carbonyl (C=O) groups is 1. The van der Waals surface area contributed by atoms with Crippen molar-refractivity contribution in [2.24, 2.45) is 0 Å². The van der Waals surface area contributed by atoms with E-state index in [1.54, 1.807) is 7.05 Å². The van der Waals surface area contributed by atoms with Gasteiger partial charge < -0.3 is 5.32 Å². The van der Waals surface area contributed by atoms with Crippen molar-refractivity contribution in [3.05, 3.63) is 16.1 Å². The fourth-order valence-corrected chi connectivity index (χ4v) is 1.53. The van der Waals surface area contributed by atoms with Crippen LogP contribution in [0.2, 0.25) is 0 Å². The highest BCUT2D eigenvalue weighted by Crippen LogP contribution is 2.09. The summed E-state index contributed by atoms with van der Waals surface area (Å²) >= 11 is 1.38. The van der Waals surface area contributed by atoms with Crippen LogP contribution in [0, 0.1) is 0 Å². The monoisotopic (exact) mass is 230 g/mol. The summed E-state index contributed by atoms with van der Waals surface area (Å²) in [6.07, 6.45) is 0.882. The predicted molar refractivity (Wildman–Crippen MR) is 67.6 cm³/mol. The van der Waals surface area contributed by atoms with Crippen molar-refractivity contribution in [2.75, 3.05) is 7.05 Å². The normalized spacial score (nSPS) is 7.87. The Morgan fingerprint density at radius 3 is 2.27 bits per heavy atom. The van der Waals surface area contributed by atoms with Gasteiger partial charge in [0.2, 0.25) is 0 Å². The van der Waals surface area contributed by atoms with Crippen LogP contribution in [0.15, 0.2) is 5.38 Å². The molecule has 1 aromatic rings. The standard InChI is InChI=1S/C7H10N2OS.2C2H6/c1-3-5-4-11-7(9-5)6(10)8-2;2*1-2/h4H,3H2,1-2H3,(H,8,10);2*1-2H3. The van der Waals surface area contributed by atoms with E-state index in [9.17, 15) is 4.79 Å². The quantitative estimate of drug-likeness (QED) is 0.848. The van der Waals surface area contributed by atoms with E-state index in [0.29, 0.717) is 5.01 Å². The van der Waals surface area contributed by atoms with Crippen LogP contribution in [0.1, 0.15) is 50.1 Å². The maximum absolute atomic E-state index is 11.0. The highest BCUT2D eigenvalue weighted by atomic mass is 32.1. The Morgan fingerprint density at radius 2 is 1.93 bits per heavy atom. The third-order valence-corrected chi connectivity index (χ3v) is 2.23. The number of carbonyl (C=O) groups excluding carboxylic acids is 1. The van der Waals surface area contributed by atoms with E-state index in [1.807, 2.05) is 40.0 Å². The first-order valence-electron chi connectivity index (χ1n) is 5.44. The Labute approximate surface area is 96.9 Å². The molecule has 1 heterocycles. The molecule has 0 aliphatic rings. The highest BCUT2D eigenvalue weighted by Gasteiger charge is 2.06. The van der Waals surface area contributed by atoms with Gasteiger partial charge in [-0.2, -0.15) is 0 Å². The first-order chi connectivity index (χ1) is 7.27. The summed E-state index contributed by atoms with van der Waals surface area (Å²) in [6.45, 7) is 10.0. The summed E-state index contributed by atoms with van der Waals surface area (Å²) in [5.41, 5.74) is 0.980. The lowest BCUT2D eigenvalue weighted by atomic mass is 10.4. The molecule has 88 valence electrons. The maximum Gasteiger partial charge on any atom is 0.280 e. The van der Waals surface area contributed by atoms with Gasteiger partial charge in [-0.25, -0.2) is 4.98 Å². The van der Waals surface area contributed by atoms with Gasteiger partial charge in [-0.05, 0) is 6.42 Å². The van der Waals surface area contributed by atoms with Gasteiger partial charge >= 0.3 is 0 Å². The molecule has 0 aliphatic heterocycles. The van der Waals surface area contributed by atoms with E-state index in [0.717, 1.165) is 12.1 Å². The van der Waals surface area contributed by atoms with Crippen LogP contribution in [-0.4, -0.2) is 17.9 Å². The van der Waals surface area contributed by atoms with Crippen LogP contribution in [0.5, 0.6) is 0 Å². The average Bonchev–Trinajstić information content (AvgIpc) is 2.82. The van der Waals surface area contributed by atoms with Crippen LogP contribution in [0.25, 0.3) is 0 Å². The van der Waals surface area contributed by atoms with E-state index < -0.39 is 0 Å². The molecule has 0 spiro atoms. The molecule has 3 nitrogen and oxygen atoms in total. The van der Waals surface area contributed by atoms with E-state index in [1.165, 1.54) is 11.3 Å². The minimum atomic E-state index is -0.102. The number of aromatic nitrogens is 1. The molecule has 1 aromatic heterocycles. The lowest BCUT2D eigenvalue weighted by Crippen LogP contribution is -2.17. The van der Waals surface area contributed by atoms with Gasteiger partial charge in [0.25, 0.3) is 5.91 Å². The molecule has 1 rings (SSSR count). The Hall–Kier alpha value is -0.900. The van der Waals surface area contributed by atoms with Crippen molar-refractivity contribution in [3.63, 3.8) is 0 Å². The van der Waals surface area contributed by atoms with Crippen LogP contribution in [-0.2, 0) is 6.42 Å². The fraction of sp³-hybridized carbons (Fsp3) is 0.636. The summed E-state index contributed by atoms with van der Waals surface area (Å²) in [7, 11) is 1.61. The second kappa shape index (κ2) is 11.2. The van der Waals surface area contributed by atoms with Crippen LogP contribution in [0.4, 0.5) is 0 Å². The molecule has 0 atom stereocenters. The van der Waals surface area contributed by atoms with Crippen molar-refractivity contribution >= 4 is 17.2 Å². The Bertz CT molecular complexity index is 259. The van der Waals surface area contributed by atoms with Gasteiger partial charge in [0.15, 0.2) is 5.01 Å². The summed E-state index contributed by atoms with van der Waals surface area (Å²) in [4.78, 5) is 15.1. The van der Waals surface area contributed by atoms with Gasteiger partial charge in [-0.15, -0.1) is 11.3 Å². The average molecular weight is 230 g/mol. The fourth-order valence-electron chi connectivity index (χ4n) is 0.681. The first kappa shape index (κ1) is 16.5. The number of nitrogens with one attached hydrogen (secondary N) is 1. The molecular weight excluding hydrogens is 208 g/mol. The van der Waals surface area contributed by atoms with Gasteiger partial charge in [0.1, 0.15) is 0 Å². The number of aryl methyl sites for hydroxylation is 1. The highest BCUT2D eigenvalue weighted by molar-refractivity contribution is 7.11. The minimum absolute atomic E-state index is 0.102. The number of thiazole rings is 1. The molecule has 4 heteroatoms. The van der Waals surface area contributed by atoms with Crippen molar-refractivity contribution in [1.82, 2.24) is 10.3 Å². The van der Waals surface area contributed by atoms with Crippen molar-refractivity contribution in [1.29, 1.82) is 0 Å². The van der Waals surface area contributed by atoms with E-state index in [4.69, 9.17) is 0 Å². The van der Waals surface area contributed by atoms with E-state index >= 15 is 0 Å². The Morgan fingerprint density at radius 1 is 1.40 bits per heavy atom. The smallest absolute Gasteiger partial charge is 0.280 e. The number of hydrogen-bond donors (Lipinski definition) is 1. The van der Waals surface area contributed by atoms with Gasteiger partial charge in [-0.3, -0.25) is 4.79 Å². The molecule has 1 N–H and O–H groups in total. The summed E-state index contributed by atoms with van der Waals surface area (Å²) in [5, 5.41) is 4.98. The molecule has 0 saturated heterocycles. The zero-order valence-corrected chi connectivity index (χ0v) is 11.4. The zero-order chi connectivity index (χ0) is 12.3. The second-order valence-electron chi connectivity index (χ2n) is 2.08. The van der Waals surface area contributed by atoms with Crippen molar-refractivity contribution < 1.29 is 4.79 Å². The minimum Gasteiger partial charge on any atom is -0.353 e. The lowest BCUT2D eigenvalue weighted by molar-refractivity contribution is 0.0962. The number of amides is 1. The van der Waals surface area contributed by atoms with Crippen molar-refractivity contribution in [3.8, 4) is 0 Å². The third kappa shape index (κ3) is 6.23. The molecule has 0 bridgehead atoms. The first-order valence-corrected chi connectivity index (χ1v) is 6.32. The summed E-state index contributed by atoms with van der Waals surface area (Å²) in [6, 6.07) is 0. The molecule has 0 saturated carbocycles. The van der Waals surface area contributed by atoms with Gasteiger partial charge in [0, 0.05) is 12.4 Å². The Balaban J connectivity index is 0. The van der Waals surface area contributed by atoms with Crippen molar-refractivity contribution in [2.45, 2.75) is 41.0 Å². The largest absolute Gasteiger partial charge is 0.353 e. The second-order valence-corrected chi connectivity index (χ2v) is 2.93. The Kier molecular flexibility index (Phi) is 12.3. The van der Waals surface area contributed by atoms with Crippen LogP contribution < -0.4 is 5.32 Å². The topological polar surface area (TPSA) is 42.0 Å². The number of hydrogen-bond acceptors (Lipinski definition) is 3. The van der Waals surface area contributed by atoms with Crippen LogP contribution in [0.3, 0.4) is 0 Å². The van der Waals surface area contributed by atoms with Gasteiger partial charge in [0.05, 0.1) is 5.69 Å². The van der Waals surface area contributed by atoms with Crippen LogP contribution >= 0.6 is 11.3 Å². The zero-order valence-electron chi connectivity index (χ0n) is 10.5. The number of nitrogens with zero attached hydrogens (tertiary/aromatic N) is 1. The summed E-state index contributed by atoms with van der Waals surface area (Å²) < 4.78 is 0. The van der Waals surface area contributed by atoms with E-state index in [2.05, 4.69) is 10.3 Å². The predicted octanol–water partition coefficient (Wildman–Crippen LogP) is 3.12. The maximum atomic E-state index is 11.0. The molecule has 0 aromatic carbocycles. The molecule has 1 amide bonds. The lowest BCUT2D eigenvalue weighted by Gasteiger charge is -1.90. The number of rotatable bonds is 2. The van der Waals surface area contributed by atoms with E-state index in [-0.39, 0.29) is 5.91 Å². The molecular formula is C11H22N2OS. The molecule has 0 aliphatic carbocycles. The molecule has 0 radical (unpaired) electrons. The van der Waals surface area contributed by atoms with Gasteiger partial charge in [-0.1, -0.05) is 34.6 Å². The SMILES string of the molecule is CC.CC.CCc1csc(C(=O)NC)n1. The molecule has 0 fully saturated rings. The third-order valence-electron chi connectivity index (χ3n) is 1.34. The summed E-state index contributed by atoms with van der Waals surface area (Å²) in [5.74, 6) is -0.102. The molecule has 15 heavy (non-hydrogen) atoms. The molecule has 0 unspecified atom stereocenters.